The van der Waals surface area contributed by atoms with Crippen molar-refractivity contribution < 1.29 is 23.0 Å². The number of hydrogen-bond donors (Lipinski definition) is 2. The number of amides is 2. The topological polar surface area (TPSA) is 59.6 Å². The quantitative estimate of drug-likeness (QED) is 0.891. The number of rotatable bonds is 4. The van der Waals surface area contributed by atoms with Crippen molar-refractivity contribution in [1.29, 1.82) is 0 Å². The maximum atomic E-state index is 13.2. The third-order valence-electron chi connectivity index (χ3n) is 4.12. The molecule has 1 saturated heterocycles. The minimum atomic E-state index is -1.02. The maximum absolute atomic E-state index is 13.2. The average molecular weight is 348 g/mol. The summed E-state index contributed by atoms with van der Waals surface area (Å²) in [6, 6.07) is 10.0. The van der Waals surface area contributed by atoms with Crippen LogP contribution in [0, 0.1) is 11.6 Å². The summed E-state index contributed by atoms with van der Waals surface area (Å²) < 4.78 is 36.8. The van der Waals surface area contributed by atoms with Crippen molar-refractivity contribution in [2.75, 3.05) is 25.6 Å². The van der Waals surface area contributed by atoms with E-state index in [1.165, 1.54) is 6.07 Å². The zero-order valence-corrected chi connectivity index (χ0v) is 13.6. The largest absolute Gasteiger partial charge is 0.497 e. The van der Waals surface area contributed by atoms with Crippen molar-refractivity contribution in [2.24, 2.45) is 0 Å². The number of urea groups is 1. The molecule has 2 amide bonds. The van der Waals surface area contributed by atoms with Gasteiger partial charge in [-0.25, -0.2) is 13.6 Å². The van der Waals surface area contributed by atoms with E-state index in [1.807, 2.05) is 24.3 Å². The van der Waals surface area contributed by atoms with Crippen LogP contribution in [-0.4, -0.2) is 32.4 Å². The first-order chi connectivity index (χ1) is 12.1. The van der Waals surface area contributed by atoms with Crippen LogP contribution in [0.25, 0.3) is 0 Å². The van der Waals surface area contributed by atoms with E-state index in [0.29, 0.717) is 13.2 Å². The van der Waals surface area contributed by atoms with Crippen LogP contribution in [0.1, 0.15) is 11.5 Å². The molecule has 0 saturated carbocycles. The highest BCUT2D eigenvalue weighted by Gasteiger charge is 2.31. The van der Waals surface area contributed by atoms with Gasteiger partial charge in [0.05, 0.1) is 26.4 Å². The number of ether oxygens (including phenoxy) is 2. The van der Waals surface area contributed by atoms with Crippen LogP contribution >= 0.6 is 0 Å². The third-order valence-corrected chi connectivity index (χ3v) is 4.12. The summed E-state index contributed by atoms with van der Waals surface area (Å²) in [4.78, 5) is 12.1. The molecular weight excluding hydrogens is 330 g/mol. The van der Waals surface area contributed by atoms with Crippen molar-refractivity contribution >= 4 is 11.7 Å². The van der Waals surface area contributed by atoms with Crippen LogP contribution in [0.3, 0.4) is 0 Å². The first-order valence-electron chi connectivity index (χ1n) is 7.81. The molecule has 25 heavy (non-hydrogen) atoms. The Morgan fingerprint density at radius 2 is 1.88 bits per heavy atom. The van der Waals surface area contributed by atoms with Gasteiger partial charge in [-0.1, -0.05) is 12.1 Å². The van der Waals surface area contributed by atoms with Gasteiger partial charge in [-0.2, -0.15) is 0 Å². The number of hydrogen-bond acceptors (Lipinski definition) is 3. The Balaban J connectivity index is 1.63. The van der Waals surface area contributed by atoms with E-state index in [9.17, 15) is 13.6 Å². The normalized spacial score (nSPS) is 19.5. The molecule has 132 valence electrons. The van der Waals surface area contributed by atoms with E-state index in [1.54, 1.807) is 7.11 Å². The minimum absolute atomic E-state index is 0.00149. The monoisotopic (exact) mass is 348 g/mol. The maximum Gasteiger partial charge on any atom is 0.319 e. The summed E-state index contributed by atoms with van der Waals surface area (Å²) in [7, 11) is 1.60. The van der Waals surface area contributed by atoms with E-state index in [0.717, 1.165) is 23.4 Å². The number of halogens is 2. The number of benzene rings is 2. The van der Waals surface area contributed by atoms with Crippen molar-refractivity contribution in [3.05, 3.63) is 59.7 Å². The van der Waals surface area contributed by atoms with E-state index in [-0.39, 0.29) is 17.6 Å². The van der Waals surface area contributed by atoms with E-state index >= 15 is 0 Å². The molecular formula is C18H18F2N2O3. The van der Waals surface area contributed by atoms with E-state index in [2.05, 4.69) is 10.6 Å². The molecule has 2 atom stereocenters. The standard InChI is InChI=1S/C18H18F2N2O3/c1-24-13-5-2-11(3-6-13)14-9-25-10-17(14)22-18(23)21-12-4-7-15(19)16(20)8-12/h2-8,14,17H,9-10H2,1H3,(H2,21,22,23)/t14-,17-/m0/s1. The molecule has 0 spiro atoms. The highest BCUT2D eigenvalue weighted by Crippen LogP contribution is 2.27. The van der Waals surface area contributed by atoms with E-state index in [4.69, 9.17) is 9.47 Å². The Bertz CT molecular complexity index is 752. The van der Waals surface area contributed by atoms with Crippen LogP contribution in [0.5, 0.6) is 5.75 Å². The highest BCUT2D eigenvalue weighted by molar-refractivity contribution is 5.89. The lowest BCUT2D eigenvalue weighted by molar-refractivity contribution is 0.187. The van der Waals surface area contributed by atoms with Crippen molar-refractivity contribution in [3.63, 3.8) is 0 Å². The number of anilines is 1. The van der Waals surface area contributed by atoms with Crippen molar-refractivity contribution in [2.45, 2.75) is 12.0 Å². The first-order valence-corrected chi connectivity index (χ1v) is 7.81. The molecule has 0 aromatic heterocycles. The zero-order valence-electron chi connectivity index (χ0n) is 13.6. The van der Waals surface area contributed by atoms with Gasteiger partial charge in [0.25, 0.3) is 0 Å². The second-order valence-corrected chi connectivity index (χ2v) is 5.75. The van der Waals surface area contributed by atoms with Crippen molar-refractivity contribution in [1.82, 2.24) is 5.32 Å². The molecule has 0 bridgehead atoms. The average Bonchev–Trinajstić information content (AvgIpc) is 3.06. The Labute approximate surface area is 143 Å². The number of nitrogens with one attached hydrogen (secondary N) is 2. The third kappa shape index (κ3) is 4.06. The van der Waals surface area contributed by atoms with Crippen LogP contribution in [0.15, 0.2) is 42.5 Å². The lowest BCUT2D eigenvalue weighted by atomic mass is 9.94. The van der Waals surface area contributed by atoms with Gasteiger partial charge in [0.1, 0.15) is 5.75 Å². The predicted octanol–water partition coefficient (Wildman–Crippen LogP) is 3.28. The number of methoxy groups -OCH3 is 1. The molecule has 2 N–H and O–H groups in total. The number of carbonyl (C=O) groups is 1. The van der Waals surface area contributed by atoms with Gasteiger partial charge in [-0.05, 0) is 29.8 Å². The second-order valence-electron chi connectivity index (χ2n) is 5.75. The fraction of sp³-hybridized carbons (Fsp3) is 0.278. The Hall–Kier alpha value is -2.67. The Morgan fingerprint density at radius 3 is 2.56 bits per heavy atom. The molecule has 1 heterocycles. The van der Waals surface area contributed by atoms with Crippen LogP contribution in [0.2, 0.25) is 0 Å². The molecule has 1 aliphatic rings. The lowest BCUT2D eigenvalue weighted by Gasteiger charge is -2.20. The molecule has 2 aromatic carbocycles. The molecule has 2 aromatic rings. The minimum Gasteiger partial charge on any atom is -0.497 e. The van der Waals surface area contributed by atoms with Gasteiger partial charge >= 0.3 is 6.03 Å². The summed E-state index contributed by atoms with van der Waals surface area (Å²) in [5.41, 5.74) is 1.20. The molecule has 0 unspecified atom stereocenters. The molecule has 1 fully saturated rings. The van der Waals surface area contributed by atoms with Crippen molar-refractivity contribution in [3.8, 4) is 5.75 Å². The molecule has 3 rings (SSSR count). The van der Waals surface area contributed by atoms with Gasteiger partial charge in [0.15, 0.2) is 11.6 Å². The summed E-state index contributed by atoms with van der Waals surface area (Å²) in [6.45, 7) is 0.865. The SMILES string of the molecule is COc1ccc([C@@H]2COC[C@@H]2NC(=O)Nc2ccc(F)c(F)c2)cc1. The van der Waals surface area contributed by atoms with Crippen LogP contribution in [-0.2, 0) is 4.74 Å². The van der Waals surface area contributed by atoms with E-state index < -0.39 is 17.7 Å². The fourth-order valence-corrected chi connectivity index (χ4v) is 2.79. The summed E-state index contributed by atoms with van der Waals surface area (Å²) >= 11 is 0. The Morgan fingerprint density at radius 1 is 1.12 bits per heavy atom. The predicted molar refractivity (Wildman–Crippen MR) is 88.9 cm³/mol. The molecule has 5 nitrogen and oxygen atoms in total. The van der Waals surface area contributed by atoms with Gasteiger partial charge in [-0.3, -0.25) is 0 Å². The molecule has 1 aliphatic heterocycles. The zero-order chi connectivity index (χ0) is 17.8. The Kier molecular flexibility index (Phi) is 5.14. The second kappa shape index (κ2) is 7.48. The van der Waals surface area contributed by atoms with Gasteiger partial charge in [-0.15, -0.1) is 0 Å². The summed E-state index contributed by atoms with van der Waals surface area (Å²) in [5.74, 6) is -1.22. The smallest absolute Gasteiger partial charge is 0.319 e. The summed E-state index contributed by atoms with van der Waals surface area (Å²) in [5, 5.41) is 5.31. The molecule has 0 radical (unpaired) electrons. The summed E-state index contributed by atoms with van der Waals surface area (Å²) in [6.07, 6.45) is 0. The lowest BCUT2D eigenvalue weighted by Crippen LogP contribution is -2.41. The van der Waals surface area contributed by atoms with Crippen LogP contribution < -0.4 is 15.4 Å². The molecule has 0 aliphatic carbocycles. The number of carbonyl (C=O) groups excluding carboxylic acids is 1. The van der Waals surface area contributed by atoms with Gasteiger partial charge in [0.2, 0.25) is 0 Å². The first kappa shape index (κ1) is 17.2. The fourth-order valence-electron chi connectivity index (χ4n) is 2.79. The highest BCUT2D eigenvalue weighted by atomic mass is 19.2. The van der Waals surface area contributed by atoms with Gasteiger partial charge in [0, 0.05) is 17.7 Å². The van der Waals surface area contributed by atoms with Crippen LogP contribution in [0.4, 0.5) is 19.3 Å². The molecule has 7 heteroatoms. The van der Waals surface area contributed by atoms with Gasteiger partial charge < -0.3 is 20.1 Å².